The number of aromatic nitrogens is 4. The standard InChI is InChI=1S/C8H11N5/c1-5(2)13-8-6(11-12-13)3-4-7(9)10-8/h3-5H,1-2H3,(H2,9,10). The Morgan fingerprint density at radius 1 is 1.38 bits per heavy atom. The molecule has 0 fully saturated rings. The molecule has 0 aliphatic carbocycles. The molecule has 0 aliphatic heterocycles. The highest BCUT2D eigenvalue weighted by Crippen LogP contribution is 2.13. The molecule has 2 N–H and O–H groups in total. The lowest BCUT2D eigenvalue weighted by molar-refractivity contribution is 0.526. The van der Waals surface area contributed by atoms with Gasteiger partial charge in [0.05, 0.1) is 6.04 Å². The second-order valence-corrected chi connectivity index (χ2v) is 3.21. The van der Waals surface area contributed by atoms with Crippen LogP contribution < -0.4 is 5.73 Å². The van der Waals surface area contributed by atoms with Crippen LogP contribution in [0.15, 0.2) is 12.1 Å². The number of fused-ring (bicyclic) bond motifs is 1. The minimum Gasteiger partial charge on any atom is -0.384 e. The molecule has 0 bridgehead atoms. The van der Waals surface area contributed by atoms with Crippen molar-refractivity contribution >= 4 is 17.0 Å². The van der Waals surface area contributed by atoms with Crippen molar-refractivity contribution in [2.24, 2.45) is 0 Å². The van der Waals surface area contributed by atoms with Crippen LogP contribution in [-0.2, 0) is 0 Å². The van der Waals surface area contributed by atoms with E-state index in [-0.39, 0.29) is 6.04 Å². The van der Waals surface area contributed by atoms with Crippen LogP contribution in [0.1, 0.15) is 19.9 Å². The highest BCUT2D eigenvalue weighted by molar-refractivity contribution is 5.71. The number of nitrogens with two attached hydrogens (primary N) is 1. The van der Waals surface area contributed by atoms with Gasteiger partial charge in [-0.05, 0) is 26.0 Å². The molecule has 2 aromatic rings. The molecular weight excluding hydrogens is 166 g/mol. The minimum atomic E-state index is 0.249. The second-order valence-electron chi connectivity index (χ2n) is 3.21. The van der Waals surface area contributed by atoms with Crippen LogP contribution in [0.25, 0.3) is 11.2 Å². The van der Waals surface area contributed by atoms with Crippen LogP contribution in [0.4, 0.5) is 5.82 Å². The zero-order chi connectivity index (χ0) is 9.42. The quantitative estimate of drug-likeness (QED) is 0.705. The Kier molecular flexibility index (Phi) is 1.65. The third-order valence-corrected chi connectivity index (χ3v) is 1.83. The lowest BCUT2D eigenvalue weighted by atomic mass is 10.4. The van der Waals surface area contributed by atoms with E-state index in [4.69, 9.17) is 5.73 Å². The van der Waals surface area contributed by atoms with Crippen molar-refractivity contribution in [3.8, 4) is 0 Å². The summed E-state index contributed by atoms with van der Waals surface area (Å²) in [6.45, 7) is 4.05. The van der Waals surface area contributed by atoms with Crippen molar-refractivity contribution in [1.82, 2.24) is 20.0 Å². The van der Waals surface area contributed by atoms with Crippen molar-refractivity contribution in [2.45, 2.75) is 19.9 Å². The van der Waals surface area contributed by atoms with Gasteiger partial charge in [0.1, 0.15) is 11.3 Å². The first-order valence-corrected chi connectivity index (χ1v) is 4.16. The first-order chi connectivity index (χ1) is 6.18. The molecule has 2 heterocycles. The summed E-state index contributed by atoms with van der Waals surface area (Å²) >= 11 is 0. The number of hydrogen-bond donors (Lipinski definition) is 1. The van der Waals surface area contributed by atoms with Crippen LogP contribution in [0.3, 0.4) is 0 Å². The summed E-state index contributed by atoms with van der Waals surface area (Å²) in [6, 6.07) is 3.80. The smallest absolute Gasteiger partial charge is 0.180 e. The van der Waals surface area contributed by atoms with Crippen LogP contribution in [-0.4, -0.2) is 20.0 Å². The third kappa shape index (κ3) is 1.22. The Balaban J connectivity index is 2.71. The first-order valence-electron chi connectivity index (χ1n) is 4.16. The summed E-state index contributed by atoms with van der Waals surface area (Å²) in [5.41, 5.74) is 7.10. The van der Waals surface area contributed by atoms with Crippen LogP contribution in [0.2, 0.25) is 0 Å². The lowest BCUT2D eigenvalue weighted by Crippen LogP contribution is -2.04. The van der Waals surface area contributed by atoms with Gasteiger partial charge in [-0.25, -0.2) is 9.67 Å². The molecule has 0 saturated carbocycles. The average molecular weight is 177 g/mol. The zero-order valence-corrected chi connectivity index (χ0v) is 7.60. The summed E-state index contributed by atoms with van der Waals surface area (Å²) in [5.74, 6) is 0.497. The molecule has 0 unspecified atom stereocenters. The molecular formula is C8H11N5. The van der Waals surface area contributed by atoms with Gasteiger partial charge in [-0.1, -0.05) is 5.21 Å². The number of nitrogen functional groups attached to an aromatic ring is 1. The van der Waals surface area contributed by atoms with Gasteiger partial charge in [0.25, 0.3) is 0 Å². The number of anilines is 1. The van der Waals surface area contributed by atoms with E-state index in [0.29, 0.717) is 5.82 Å². The summed E-state index contributed by atoms with van der Waals surface area (Å²) in [4.78, 5) is 4.17. The Morgan fingerprint density at radius 2 is 2.15 bits per heavy atom. The van der Waals surface area contributed by atoms with E-state index in [1.165, 1.54) is 0 Å². The van der Waals surface area contributed by atoms with Crippen molar-refractivity contribution in [2.75, 3.05) is 5.73 Å². The maximum atomic E-state index is 5.57. The average Bonchev–Trinajstić information content (AvgIpc) is 2.46. The van der Waals surface area contributed by atoms with Gasteiger partial charge in [-0.3, -0.25) is 0 Å². The van der Waals surface area contributed by atoms with Gasteiger partial charge in [0.15, 0.2) is 5.65 Å². The van der Waals surface area contributed by atoms with E-state index in [2.05, 4.69) is 15.3 Å². The van der Waals surface area contributed by atoms with Gasteiger partial charge < -0.3 is 5.73 Å². The first kappa shape index (κ1) is 7.97. The van der Waals surface area contributed by atoms with E-state index >= 15 is 0 Å². The largest absolute Gasteiger partial charge is 0.384 e. The number of nitrogens with zero attached hydrogens (tertiary/aromatic N) is 4. The van der Waals surface area contributed by atoms with Gasteiger partial charge in [0, 0.05) is 0 Å². The fourth-order valence-corrected chi connectivity index (χ4v) is 1.19. The maximum Gasteiger partial charge on any atom is 0.180 e. The van der Waals surface area contributed by atoms with E-state index in [1.54, 1.807) is 10.7 Å². The molecule has 0 saturated heterocycles. The molecule has 0 spiro atoms. The third-order valence-electron chi connectivity index (χ3n) is 1.83. The van der Waals surface area contributed by atoms with Crippen molar-refractivity contribution in [3.63, 3.8) is 0 Å². The summed E-state index contributed by atoms with van der Waals surface area (Å²) in [7, 11) is 0. The van der Waals surface area contributed by atoms with E-state index < -0.39 is 0 Å². The van der Waals surface area contributed by atoms with Gasteiger partial charge in [-0.15, -0.1) is 5.10 Å². The highest BCUT2D eigenvalue weighted by Gasteiger charge is 2.08. The predicted octanol–water partition coefficient (Wildman–Crippen LogP) is 0.989. The topological polar surface area (TPSA) is 69.6 Å². The predicted molar refractivity (Wildman–Crippen MR) is 50.1 cm³/mol. The van der Waals surface area contributed by atoms with Crippen LogP contribution in [0, 0.1) is 0 Å². The fraction of sp³-hybridized carbons (Fsp3) is 0.375. The molecule has 0 radical (unpaired) electrons. The summed E-state index contributed by atoms with van der Waals surface area (Å²) < 4.78 is 1.76. The van der Waals surface area contributed by atoms with E-state index in [1.807, 2.05) is 19.9 Å². The molecule has 0 amide bonds. The van der Waals surface area contributed by atoms with Crippen molar-refractivity contribution < 1.29 is 0 Å². The van der Waals surface area contributed by atoms with Gasteiger partial charge in [-0.2, -0.15) is 0 Å². The Labute approximate surface area is 75.6 Å². The van der Waals surface area contributed by atoms with E-state index in [9.17, 15) is 0 Å². The number of rotatable bonds is 1. The normalized spacial score (nSPS) is 11.3. The Morgan fingerprint density at radius 3 is 2.85 bits per heavy atom. The molecule has 2 rings (SSSR count). The lowest BCUT2D eigenvalue weighted by Gasteiger charge is -2.03. The van der Waals surface area contributed by atoms with Crippen LogP contribution in [0.5, 0.6) is 0 Å². The Hall–Kier alpha value is -1.65. The Bertz CT molecular complexity index is 431. The fourth-order valence-electron chi connectivity index (χ4n) is 1.19. The molecule has 5 nitrogen and oxygen atoms in total. The molecule has 0 atom stereocenters. The monoisotopic (exact) mass is 177 g/mol. The summed E-state index contributed by atoms with van der Waals surface area (Å²) in [5, 5.41) is 7.96. The SMILES string of the molecule is CC(C)n1nnc2ccc(N)nc21. The van der Waals surface area contributed by atoms with Crippen molar-refractivity contribution in [1.29, 1.82) is 0 Å². The molecule has 0 aromatic carbocycles. The van der Waals surface area contributed by atoms with Gasteiger partial charge >= 0.3 is 0 Å². The minimum absolute atomic E-state index is 0.249. The number of pyridine rings is 1. The summed E-state index contributed by atoms with van der Waals surface area (Å²) in [6.07, 6.45) is 0. The maximum absolute atomic E-state index is 5.57. The molecule has 13 heavy (non-hydrogen) atoms. The highest BCUT2D eigenvalue weighted by atomic mass is 15.4. The van der Waals surface area contributed by atoms with Crippen molar-refractivity contribution in [3.05, 3.63) is 12.1 Å². The number of hydrogen-bond acceptors (Lipinski definition) is 4. The molecule has 0 aliphatic rings. The second kappa shape index (κ2) is 2.69. The van der Waals surface area contributed by atoms with E-state index in [0.717, 1.165) is 11.2 Å². The van der Waals surface area contributed by atoms with Crippen LogP contribution >= 0.6 is 0 Å². The molecule has 5 heteroatoms. The molecule has 2 aromatic heterocycles. The zero-order valence-electron chi connectivity index (χ0n) is 7.60. The van der Waals surface area contributed by atoms with Gasteiger partial charge in [0.2, 0.25) is 0 Å². The molecule has 68 valence electrons.